The maximum absolute atomic E-state index is 11.8. The fraction of sp³-hybridized carbons (Fsp3) is 0.467. The van der Waals surface area contributed by atoms with Crippen molar-refractivity contribution in [2.45, 2.75) is 31.5 Å². The van der Waals surface area contributed by atoms with Crippen molar-refractivity contribution in [2.24, 2.45) is 5.73 Å². The molecule has 0 aliphatic carbocycles. The molecule has 11 heteroatoms. The van der Waals surface area contributed by atoms with Crippen LogP contribution in [-0.4, -0.2) is 88.2 Å². The fourth-order valence-corrected chi connectivity index (χ4v) is 4.14. The van der Waals surface area contributed by atoms with Gasteiger partial charge < -0.3 is 29.4 Å². The van der Waals surface area contributed by atoms with Gasteiger partial charge in [0.15, 0.2) is 6.10 Å². The Hall–Kier alpha value is -3.33. The lowest BCUT2D eigenvalue weighted by Crippen LogP contribution is -2.34. The van der Waals surface area contributed by atoms with Crippen molar-refractivity contribution in [3.63, 3.8) is 0 Å². The molecule has 1 aliphatic rings. The Bertz CT molecular complexity index is 1150. The van der Waals surface area contributed by atoms with Crippen molar-refractivity contribution < 1.29 is 33.3 Å². The third-order valence-corrected chi connectivity index (χ3v) is 6.62. The van der Waals surface area contributed by atoms with Crippen LogP contribution in [0.25, 0.3) is 0 Å². The topological polar surface area (TPSA) is 121 Å². The second-order valence-corrected chi connectivity index (χ2v) is 10.3. The van der Waals surface area contributed by atoms with Crippen molar-refractivity contribution in [1.29, 1.82) is 0 Å². The molecule has 2 aromatic rings. The zero-order valence-electron chi connectivity index (χ0n) is 23.5. The zero-order chi connectivity index (χ0) is 29.7. The summed E-state index contributed by atoms with van der Waals surface area (Å²) in [6.07, 6.45) is 4.20. The van der Waals surface area contributed by atoms with E-state index in [-0.39, 0.29) is 51.0 Å². The van der Waals surface area contributed by atoms with Crippen LogP contribution in [0.3, 0.4) is 0 Å². The molecule has 3 N–H and O–H groups in total. The Balaban J connectivity index is 1.56. The van der Waals surface area contributed by atoms with Gasteiger partial charge in [-0.25, -0.2) is 4.84 Å². The van der Waals surface area contributed by atoms with Crippen LogP contribution in [0.4, 0.5) is 0 Å². The van der Waals surface area contributed by atoms with Crippen molar-refractivity contribution in [1.82, 2.24) is 9.74 Å². The van der Waals surface area contributed by atoms with Crippen LogP contribution >= 0.6 is 11.8 Å². The first-order valence-electron chi connectivity index (χ1n) is 13.4. The smallest absolute Gasteiger partial charge is 0.321 e. The van der Waals surface area contributed by atoms with Gasteiger partial charge in [-0.2, -0.15) is 0 Å². The standard InChI is InChI=1S/C30H38ClN3O7/c1-4-15-37-19-27(41-29(36)17-33-31)21-39-25-11-7-23(8-12-25)30(2,3)22-5-9-24(10-6-22)38-20-26(18-34-13-14-34)40-28(35)16-32/h1,5-12,26-27,33H,13-21,32H2,2-3H3. The van der Waals surface area contributed by atoms with E-state index < -0.39 is 18.0 Å². The number of rotatable bonds is 18. The molecule has 0 amide bonds. The first kappa shape index (κ1) is 32.2. The molecule has 1 aliphatic heterocycles. The second kappa shape index (κ2) is 16.2. The number of nitrogens with one attached hydrogen (secondary N) is 1. The summed E-state index contributed by atoms with van der Waals surface area (Å²) in [4.78, 5) is 27.9. The molecule has 1 heterocycles. The molecule has 0 saturated carbocycles. The van der Waals surface area contributed by atoms with Gasteiger partial charge in [0.1, 0.15) is 44.0 Å². The average Bonchev–Trinajstić information content (AvgIpc) is 3.79. The van der Waals surface area contributed by atoms with Gasteiger partial charge in [0.25, 0.3) is 0 Å². The molecular formula is C30H38ClN3O7. The molecule has 0 bridgehead atoms. The molecule has 2 aromatic carbocycles. The van der Waals surface area contributed by atoms with E-state index in [0.29, 0.717) is 18.0 Å². The van der Waals surface area contributed by atoms with E-state index in [1.807, 2.05) is 48.5 Å². The lowest BCUT2D eigenvalue weighted by Gasteiger charge is -2.27. The molecule has 0 spiro atoms. The number of carbonyl (C=O) groups excluding carboxylic acids is 2. The van der Waals surface area contributed by atoms with Crippen LogP contribution in [0.1, 0.15) is 25.0 Å². The third kappa shape index (κ3) is 10.9. The number of terminal acetylenes is 1. The Morgan fingerprint density at radius 1 is 0.951 bits per heavy atom. The van der Waals surface area contributed by atoms with E-state index in [9.17, 15) is 9.59 Å². The summed E-state index contributed by atoms with van der Waals surface area (Å²) in [5.41, 5.74) is 7.27. The van der Waals surface area contributed by atoms with Gasteiger partial charge >= 0.3 is 11.9 Å². The first-order valence-corrected chi connectivity index (χ1v) is 13.8. The van der Waals surface area contributed by atoms with Gasteiger partial charge in [-0.1, -0.05) is 44.0 Å². The molecule has 0 radical (unpaired) electrons. The maximum atomic E-state index is 11.8. The second-order valence-electron chi connectivity index (χ2n) is 10.1. The lowest BCUT2D eigenvalue weighted by molar-refractivity contribution is -0.152. The number of hydrogen-bond donors (Lipinski definition) is 2. The molecule has 1 fully saturated rings. The minimum absolute atomic E-state index is 0.0904. The van der Waals surface area contributed by atoms with E-state index in [2.05, 4.69) is 29.5 Å². The lowest BCUT2D eigenvalue weighted by atomic mass is 9.78. The van der Waals surface area contributed by atoms with Crippen LogP contribution in [0.2, 0.25) is 0 Å². The van der Waals surface area contributed by atoms with E-state index in [1.54, 1.807) is 0 Å². The van der Waals surface area contributed by atoms with Crippen molar-refractivity contribution in [3.8, 4) is 23.8 Å². The Morgan fingerprint density at radius 2 is 1.49 bits per heavy atom. The van der Waals surface area contributed by atoms with Crippen LogP contribution in [-0.2, 0) is 29.2 Å². The van der Waals surface area contributed by atoms with Gasteiger partial charge in [0, 0.05) is 25.0 Å². The number of benzene rings is 2. The van der Waals surface area contributed by atoms with E-state index in [4.69, 9.17) is 47.6 Å². The highest BCUT2D eigenvalue weighted by molar-refractivity contribution is 6.14. The quantitative estimate of drug-likeness (QED) is 0.0883. The van der Waals surface area contributed by atoms with Gasteiger partial charge in [-0.05, 0) is 47.2 Å². The minimum Gasteiger partial charge on any atom is -0.490 e. The van der Waals surface area contributed by atoms with Crippen molar-refractivity contribution >= 4 is 23.7 Å². The SMILES string of the molecule is C#CCOCC(COc1ccc(C(C)(C)c2ccc(OCC(CN3CC3)OC(=O)CN)cc2)cc1)OC(=O)CNCl. The summed E-state index contributed by atoms with van der Waals surface area (Å²) in [7, 11) is 0. The number of halogens is 1. The summed E-state index contributed by atoms with van der Waals surface area (Å²) in [5, 5.41) is 0. The van der Waals surface area contributed by atoms with Gasteiger partial charge in [0.05, 0.1) is 13.2 Å². The first-order chi connectivity index (χ1) is 19.7. The van der Waals surface area contributed by atoms with Crippen LogP contribution in [0.15, 0.2) is 48.5 Å². The average molecular weight is 588 g/mol. The molecule has 0 aromatic heterocycles. The normalized spacial score (nSPS) is 14.4. The van der Waals surface area contributed by atoms with Gasteiger partial charge in [-0.15, -0.1) is 6.42 Å². The van der Waals surface area contributed by atoms with E-state index >= 15 is 0 Å². The third-order valence-electron chi connectivity index (χ3n) is 6.49. The summed E-state index contributed by atoms with van der Waals surface area (Å²) in [5.74, 6) is 2.72. The Kier molecular flexibility index (Phi) is 12.7. The van der Waals surface area contributed by atoms with Crippen LogP contribution < -0.4 is 20.0 Å². The predicted molar refractivity (Wildman–Crippen MR) is 155 cm³/mol. The highest BCUT2D eigenvalue weighted by Crippen LogP contribution is 2.33. The van der Waals surface area contributed by atoms with E-state index in [0.717, 1.165) is 24.2 Å². The number of nitrogens with zero attached hydrogens (tertiary/aromatic N) is 1. The fourth-order valence-electron chi connectivity index (χ4n) is 4.03. The molecule has 2 unspecified atom stereocenters. The van der Waals surface area contributed by atoms with Crippen molar-refractivity contribution in [3.05, 3.63) is 59.7 Å². The molecule has 10 nitrogen and oxygen atoms in total. The zero-order valence-corrected chi connectivity index (χ0v) is 24.2. The number of hydrogen-bond acceptors (Lipinski definition) is 10. The molecule has 1 saturated heterocycles. The molecule has 41 heavy (non-hydrogen) atoms. The van der Waals surface area contributed by atoms with Crippen LogP contribution in [0, 0.1) is 12.3 Å². The number of esters is 2. The van der Waals surface area contributed by atoms with Gasteiger partial charge in [0.2, 0.25) is 0 Å². The summed E-state index contributed by atoms with van der Waals surface area (Å²) in [6, 6.07) is 15.6. The molecule has 2 atom stereocenters. The van der Waals surface area contributed by atoms with E-state index in [1.165, 1.54) is 0 Å². The largest absolute Gasteiger partial charge is 0.490 e. The Morgan fingerprint density at radius 3 is 1.98 bits per heavy atom. The Labute approximate surface area is 246 Å². The molecular weight excluding hydrogens is 550 g/mol. The molecule has 3 rings (SSSR count). The predicted octanol–water partition coefficient (Wildman–Crippen LogP) is 2.26. The van der Waals surface area contributed by atoms with Gasteiger partial charge in [-0.3, -0.25) is 14.5 Å². The number of carbonyl (C=O) groups is 2. The van der Waals surface area contributed by atoms with Crippen molar-refractivity contribution in [2.75, 3.05) is 59.2 Å². The summed E-state index contributed by atoms with van der Waals surface area (Å²) in [6.45, 7) is 7.14. The number of ether oxygens (including phenoxy) is 5. The highest BCUT2D eigenvalue weighted by atomic mass is 35.5. The highest BCUT2D eigenvalue weighted by Gasteiger charge is 2.26. The summed E-state index contributed by atoms with van der Waals surface area (Å²) >= 11 is 5.38. The minimum atomic E-state index is -0.646. The van der Waals surface area contributed by atoms with Crippen LogP contribution in [0.5, 0.6) is 11.5 Å². The monoisotopic (exact) mass is 587 g/mol. The number of nitrogens with two attached hydrogens (primary N) is 1. The molecule has 222 valence electrons. The summed E-state index contributed by atoms with van der Waals surface area (Å²) < 4.78 is 27.8. The maximum Gasteiger partial charge on any atom is 0.321 e.